The van der Waals surface area contributed by atoms with Crippen molar-refractivity contribution in [2.45, 2.75) is 31.9 Å². The molecule has 5 atom stereocenters. The molecule has 0 bridgehead atoms. The molecule has 30 heavy (non-hydrogen) atoms. The molecule has 1 aromatic carbocycles. The van der Waals surface area contributed by atoms with Crippen LogP contribution in [0.2, 0.25) is 0 Å². The standard InChI is InChI=1S/C23H28N2O5.3H2/c1-12-16-10-25-6-5-13-15-8-20(27-2)21(28-3)9-18(15)24-22(13)19(25)7-14(16)17(11-30-12)23(26)29-4;;;/h8-9,11-12,14,16,19,24H,5-7,10H2,1-4H3;3*1H/p+1/t12-,14?,16?,19?;;;/m0.../s1. The quantitative estimate of drug-likeness (QED) is 0.748. The van der Waals surface area contributed by atoms with Crippen molar-refractivity contribution in [2.24, 2.45) is 11.8 Å². The molecule has 1 saturated heterocycles. The van der Waals surface area contributed by atoms with Gasteiger partial charge in [0.15, 0.2) is 11.5 Å². The number of quaternary nitrogens is 1. The Labute approximate surface area is 180 Å². The number of hydrogen-bond donors (Lipinski definition) is 2. The van der Waals surface area contributed by atoms with E-state index in [1.807, 2.05) is 6.07 Å². The first-order valence-corrected chi connectivity index (χ1v) is 10.6. The molecule has 5 rings (SSSR count). The van der Waals surface area contributed by atoms with Crippen LogP contribution in [-0.4, -0.2) is 51.5 Å². The van der Waals surface area contributed by atoms with Crippen LogP contribution in [-0.2, 0) is 20.7 Å². The average Bonchev–Trinajstić information content (AvgIpc) is 3.14. The number of carbonyl (C=O) groups excluding carboxylic acids is 1. The highest BCUT2D eigenvalue weighted by molar-refractivity contribution is 5.89. The van der Waals surface area contributed by atoms with Crippen molar-refractivity contribution in [3.8, 4) is 11.5 Å². The molecule has 7 heteroatoms. The van der Waals surface area contributed by atoms with Crippen LogP contribution in [0.25, 0.3) is 10.9 Å². The van der Waals surface area contributed by atoms with Crippen molar-refractivity contribution in [2.75, 3.05) is 34.4 Å². The minimum absolute atomic E-state index is 0. The lowest BCUT2D eigenvalue weighted by Crippen LogP contribution is -3.15. The maximum Gasteiger partial charge on any atom is 0.337 e. The topological polar surface area (TPSA) is 74.2 Å². The molecule has 0 radical (unpaired) electrons. The summed E-state index contributed by atoms with van der Waals surface area (Å²) in [7, 11) is 4.77. The molecule has 4 unspecified atom stereocenters. The monoisotopic (exact) mass is 419 g/mol. The summed E-state index contributed by atoms with van der Waals surface area (Å²) in [6.07, 6.45) is 3.66. The third kappa shape index (κ3) is 2.79. The fraction of sp³-hybridized carbons (Fsp3) is 0.522. The number of rotatable bonds is 3. The number of benzene rings is 1. The second-order valence-corrected chi connectivity index (χ2v) is 8.60. The molecule has 1 aromatic heterocycles. The zero-order valence-corrected chi connectivity index (χ0v) is 17.9. The van der Waals surface area contributed by atoms with E-state index < -0.39 is 0 Å². The Kier molecular flexibility index (Phi) is 4.65. The number of fused-ring (bicyclic) bond motifs is 6. The van der Waals surface area contributed by atoms with Crippen LogP contribution in [0.3, 0.4) is 0 Å². The highest BCUT2D eigenvalue weighted by Crippen LogP contribution is 2.42. The maximum absolute atomic E-state index is 12.4. The van der Waals surface area contributed by atoms with Gasteiger partial charge >= 0.3 is 5.97 Å². The van der Waals surface area contributed by atoms with Crippen molar-refractivity contribution in [1.82, 2.24) is 4.98 Å². The third-order valence-corrected chi connectivity index (χ3v) is 7.32. The molecule has 166 valence electrons. The van der Waals surface area contributed by atoms with Gasteiger partial charge in [-0.05, 0) is 18.6 Å². The fourth-order valence-electron chi connectivity index (χ4n) is 5.77. The number of nitrogens with one attached hydrogen (secondary N) is 2. The highest BCUT2D eigenvalue weighted by atomic mass is 16.5. The molecule has 0 saturated carbocycles. The number of aromatic nitrogens is 1. The minimum atomic E-state index is -0.275. The van der Waals surface area contributed by atoms with Crippen molar-refractivity contribution < 1.29 is 32.9 Å². The Morgan fingerprint density at radius 1 is 1.23 bits per heavy atom. The Hall–Kier alpha value is -2.67. The predicted octanol–water partition coefficient (Wildman–Crippen LogP) is 2.52. The van der Waals surface area contributed by atoms with Crippen molar-refractivity contribution >= 4 is 16.9 Å². The van der Waals surface area contributed by atoms with Crippen LogP contribution in [0.15, 0.2) is 24.0 Å². The second kappa shape index (κ2) is 7.23. The van der Waals surface area contributed by atoms with Gasteiger partial charge in [0, 0.05) is 34.5 Å². The molecule has 2 N–H and O–H groups in total. The summed E-state index contributed by atoms with van der Waals surface area (Å²) in [5, 5.41) is 1.20. The third-order valence-electron chi connectivity index (χ3n) is 7.32. The van der Waals surface area contributed by atoms with Crippen LogP contribution in [0, 0.1) is 11.8 Å². The van der Waals surface area contributed by atoms with Crippen LogP contribution in [0.1, 0.15) is 34.9 Å². The summed E-state index contributed by atoms with van der Waals surface area (Å²) in [6.45, 7) is 4.18. The van der Waals surface area contributed by atoms with Crippen LogP contribution in [0.5, 0.6) is 11.5 Å². The number of hydrogen-bond acceptors (Lipinski definition) is 5. The summed E-state index contributed by atoms with van der Waals surface area (Å²) in [6, 6.07) is 4.42. The molecule has 0 aliphatic carbocycles. The number of carbonyl (C=O) groups is 1. The number of esters is 1. The molecule has 0 amide bonds. The predicted molar refractivity (Wildman–Crippen MR) is 117 cm³/mol. The van der Waals surface area contributed by atoms with Gasteiger partial charge in [0.25, 0.3) is 0 Å². The number of methoxy groups -OCH3 is 3. The van der Waals surface area contributed by atoms with E-state index in [2.05, 4.69) is 18.0 Å². The van der Waals surface area contributed by atoms with E-state index >= 15 is 0 Å². The number of H-pyrrole nitrogens is 1. The lowest BCUT2D eigenvalue weighted by molar-refractivity contribution is -0.944. The van der Waals surface area contributed by atoms with Gasteiger partial charge in [0.2, 0.25) is 0 Å². The first kappa shape index (κ1) is 19.3. The van der Waals surface area contributed by atoms with Crippen molar-refractivity contribution in [3.05, 3.63) is 35.2 Å². The van der Waals surface area contributed by atoms with E-state index in [9.17, 15) is 4.79 Å². The van der Waals surface area contributed by atoms with Gasteiger partial charge < -0.3 is 28.8 Å². The van der Waals surface area contributed by atoms with E-state index in [1.165, 1.54) is 23.8 Å². The van der Waals surface area contributed by atoms with E-state index in [1.54, 1.807) is 25.4 Å². The molecule has 1 fully saturated rings. The van der Waals surface area contributed by atoms with Gasteiger partial charge in [0.1, 0.15) is 12.1 Å². The van der Waals surface area contributed by atoms with E-state index in [-0.39, 0.29) is 22.3 Å². The minimum Gasteiger partial charge on any atom is -0.497 e. The van der Waals surface area contributed by atoms with Crippen LogP contribution in [0.4, 0.5) is 0 Å². The van der Waals surface area contributed by atoms with Gasteiger partial charge in [-0.3, -0.25) is 0 Å². The van der Waals surface area contributed by atoms with Gasteiger partial charge in [-0.1, -0.05) is 0 Å². The maximum atomic E-state index is 12.4. The molecule has 0 spiro atoms. The Morgan fingerprint density at radius 3 is 2.73 bits per heavy atom. The van der Waals surface area contributed by atoms with Gasteiger partial charge in [-0.2, -0.15) is 0 Å². The van der Waals surface area contributed by atoms with E-state index in [0.29, 0.717) is 17.5 Å². The second-order valence-electron chi connectivity index (χ2n) is 8.60. The molecule has 3 aliphatic rings. The van der Waals surface area contributed by atoms with Gasteiger partial charge in [0.05, 0.1) is 63.4 Å². The van der Waals surface area contributed by atoms with E-state index in [0.717, 1.165) is 42.9 Å². The molecule has 3 aliphatic heterocycles. The molecule has 7 nitrogen and oxygen atoms in total. The number of ether oxygens (including phenoxy) is 4. The van der Waals surface area contributed by atoms with Gasteiger partial charge in [-0.15, -0.1) is 0 Å². The number of aromatic amines is 1. The lowest BCUT2D eigenvalue weighted by Gasteiger charge is -2.46. The van der Waals surface area contributed by atoms with E-state index in [4.69, 9.17) is 18.9 Å². The normalized spacial score (nSPS) is 29.7. The van der Waals surface area contributed by atoms with Gasteiger partial charge in [-0.25, -0.2) is 4.79 Å². The Morgan fingerprint density at radius 2 is 2.00 bits per heavy atom. The summed E-state index contributed by atoms with van der Waals surface area (Å²) in [4.78, 5) is 17.7. The van der Waals surface area contributed by atoms with Crippen molar-refractivity contribution in [3.63, 3.8) is 0 Å². The fourth-order valence-corrected chi connectivity index (χ4v) is 5.77. The summed E-state index contributed by atoms with van der Waals surface area (Å²) in [5.74, 6) is 1.67. The first-order valence-electron chi connectivity index (χ1n) is 10.6. The summed E-state index contributed by atoms with van der Waals surface area (Å²) >= 11 is 0. The van der Waals surface area contributed by atoms with Crippen molar-refractivity contribution in [1.29, 1.82) is 0 Å². The summed E-state index contributed by atoms with van der Waals surface area (Å²) in [5.41, 5.74) is 4.39. The molecule has 4 heterocycles. The van der Waals surface area contributed by atoms with Crippen LogP contribution >= 0.6 is 0 Å². The molecule has 2 aromatic rings. The summed E-state index contributed by atoms with van der Waals surface area (Å²) < 4.78 is 21.9. The smallest absolute Gasteiger partial charge is 0.337 e. The van der Waals surface area contributed by atoms with Crippen LogP contribution < -0.4 is 14.4 Å². The highest BCUT2D eigenvalue weighted by Gasteiger charge is 2.49. The average molecular weight is 420 g/mol. The lowest BCUT2D eigenvalue weighted by atomic mass is 9.72. The molecular weight excluding hydrogens is 384 g/mol. The zero-order chi connectivity index (χ0) is 21.0. The zero-order valence-electron chi connectivity index (χ0n) is 17.9. The first-order chi connectivity index (χ1) is 14.5. The SMILES string of the molecule is COC(=O)C1=CO[C@@H](C)C2C[NH+]3CCc4c([nH]c5cc(OC)c(OC)cc45)C3CC12.[HH].[HH].[HH]. The Bertz CT molecular complexity index is 1040. The molecular formula is C23H35N2O5+. The Balaban J connectivity index is 0.00000128. The largest absolute Gasteiger partial charge is 0.497 e. The number of piperidine rings is 1.